The zero-order chi connectivity index (χ0) is 12.8. The molecule has 0 radical (unpaired) electrons. The molecule has 2 N–H and O–H groups in total. The summed E-state index contributed by atoms with van der Waals surface area (Å²) in [6.45, 7) is 0.814. The van der Waals surface area contributed by atoms with Gasteiger partial charge in [0.15, 0.2) is 0 Å². The van der Waals surface area contributed by atoms with Crippen LogP contribution in [0.5, 0.6) is 0 Å². The average Bonchev–Trinajstić information content (AvgIpc) is 2.42. The Bertz CT molecular complexity index is 487. The number of hydrogen-bond acceptors (Lipinski definition) is 2. The molecule has 0 spiro atoms. The fourth-order valence-corrected chi connectivity index (χ4v) is 1.78. The lowest BCUT2D eigenvalue weighted by atomic mass is 10.1. The Morgan fingerprint density at radius 2 is 1.67 bits per heavy atom. The van der Waals surface area contributed by atoms with Crippen LogP contribution in [0.2, 0.25) is 0 Å². The van der Waals surface area contributed by atoms with Gasteiger partial charge in [0.05, 0.1) is 6.10 Å². The molecule has 0 aliphatic heterocycles. The van der Waals surface area contributed by atoms with Crippen LogP contribution in [0.3, 0.4) is 0 Å². The molecule has 0 aliphatic rings. The number of hydrogen-bond donors (Lipinski definition) is 2. The molecule has 2 rings (SSSR count). The van der Waals surface area contributed by atoms with Gasteiger partial charge in [-0.1, -0.05) is 48.5 Å². The van der Waals surface area contributed by atoms with Gasteiger partial charge in [0, 0.05) is 18.7 Å². The summed E-state index contributed by atoms with van der Waals surface area (Å²) in [5.41, 5.74) is 1.47. The van der Waals surface area contributed by atoms with Crippen molar-refractivity contribution >= 4 is 0 Å². The summed E-state index contributed by atoms with van der Waals surface area (Å²) in [4.78, 5) is 0. The van der Waals surface area contributed by atoms with Gasteiger partial charge in [0.25, 0.3) is 0 Å². The number of aliphatic hydroxyl groups excluding tert-OH is 1. The summed E-state index contributed by atoms with van der Waals surface area (Å²) in [6, 6.07) is 16.0. The van der Waals surface area contributed by atoms with E-state index >= 15 is 0 Å². The predicted octanol–water partition coefficient (Wildman–Crippen LogP) is 2.65. The molecular weight excluding hydrogens is 229 g/mol. The van der Waals surface area contributed by atoms with Crippen molar-refractivity contribution < 1.29 is 9.50 Å². The van der Waals surface area contributed by atoms with Crippen molar-refractivity contribution in [1.82, 2.24) is 5.32 Å². The maximum atomic E-state index is 13.3. The molecule has 0 fully saturated rings. The van der Waals surface area contributed by atoms with Crippen LogP contribution in [-0.4, -0.2) is 11.7 Å². The van der Waals surface area contributed by atoms with E-state index in [-0.39, 0.29) is 5.82 Å². The van der Waals surface area contributed by atoms with Crippen LogP contribution in [-0.2, 0) is 6.54 Å². The first kappa shape index (κ1) is 12.7. The summed E-state index contributed by atoms with van der Waals surface area (Å²) in [6.07, 6.45) is -0.571. The zero-order valence-electron chi connectivity index (χ0n) is 10.0. The van der Waals surface area contributed by atoms with Crippen LogP contribution in [0.1, 0.15) is 17.2 Å². The lowest BCUT2D eigenvalue weighted by molar-refractivity contribution is 0.174. The van der Waals surface area contributed by atoms with E-state index in [0.717, 1.165) is 5.56 Å². The second-order valence-electron chi connectivity index (χ2n) is 4.15. The molecule has 1 atom stereocenters. The Kier molecular flexibility index (Phi) is 4.45. The third kappa shape index (κ3) is 3.39. The fourth-order valence-electron chi connectivity index (χ4n) is 1.78. The monoisotopic (exact) mass is 245 g/mol. The maximum Gasteiger partial charge on any atom is 0.127 e. The molecule has 3 heteroatoms. The average molecular weight is 245 g/mol. The van der Waals surface area contributed by atoms with Crippen LogP contribution >= 0.6 is 0 Å². The van der Waals surface area contributed by atoms with Gasteiger partial charge in [0.1, 0.15) is 5.82 Å². The maximum absolute atomic E-state index is 13.3. The molecule has 2 aromatic rings. The van der Waals surface area contributed by atoms with E-state index in [1.807, 2.05) is 30.3 Å². The van der Waals surface area contributed by atoms with Gasteiger partial charge in [-0.2, -0.15) is 0 Å². The number of nitrogens with one attached hydrogen (secondary N) is 1. The van der Waals surface area contributed by atoms with Crippen molar-refractivity contribution in [2.45, 2.75) is 12.6 Å². The highest BCUT2D eigenvalue weighted by molar-refractivity contribution is 5.18. The van der Waals surface area contributed by atoms with E-state index in [4.69, 9.17) is 0 Å². The first-order valence-corrected chi connectivity index (χ1v) is 5.94. The highest BCUT2D eigenvalue weighted by Crippen LogP contribution is 2.11. The lowest BCUT2D eigenvalue weighted by Gasteiger charge is -2.12. The molecule has 2 nitrogen and oxygen atoms in total. The van der Waals surface area contributed by atoms with E-state index in [2.05, 4.69) is 5.32 Å². The third-order valence-electron chi connectivity index (χ3n) is 2.80. The molecule has 2 aromatic carbocycles. The van der Waals surface area contributed by atoms with Crippen molar-refractivity contribution in [3.05, 3.63) is 71.5 Å². The molecule has 94 valence electrons. The quantitative estimate of drug-likeness (QED) is 0.848. The van der Waals surface area contributed by atoms with Crippen molar-refractivity contribution in [1.29, 1.82) is 0 Å². The normalized spacial score (nSPS) is 12.3. The van der Waals surface area contributed by atoms with E-state index < -0.39 is 6.10 Å². The highest BCUT2D eigenvalue weighted by Gasteiger charge is 2.06. The van der Waals surface area contributed by atoms with Gasteiger partial charge in [-0.25, -0.2) is 4.39 Å². The van der Waals surface area contributed by atoms with E-state index in [1.165, 1.54) is 6.07 Å². The van der Waals surface area contributed by atoms with Crippen LogP contribution in [0.15, 0.2) is 54.6 Å². The van der Waals surface area contributed by atoms with Crippen molar-refractivity contribution in [3.63, 3.8) is 0 Å². The Morgan fingerprint density at radius 3 is 2.39 bits per heavy atom. The van der Waals surface area contributed by atoms with Gasteiger partial charge < -0.3 is 10.4 Å². The first-order chi connectivity index (χ1) is 8.77. The molecule has 0 heterocycles. The molecule has 0 saturated heterocycles. The number of aliphatic hydroxyl groups is 1. The second kappa shape index (κ2) is 6.28. The van der Waals surface area contributed by atoms with Crippen molar-refractivity contribution in [3.8, 4) is 0 Å². The number of benzene rings is 2. The SMILES string of the molecule is OC(CNCc1ccccc1F)c1ccccc1. The largest absolute Gasteiger partial charge is 0.387 e. The van der Waals surface area contributed by atoms with E-state index in [9.17, 15) is 9.50 Å². The molecule has 1 unspecified atom stereocenters. The minimum Gasteiger partial charge on any atom is -0.387 e. The molecule has 0 aliphatic carbocycles. The molecule has 0 amide bonds. The second-order valence-corrected chi connectivity index (χ2v) is 4.15. The summed E-state index contributed by atoms with van der Waals surface area (Å²) >= 11 is 0. The summed E-state index contributed by atoms with van der Waals surface area (Å²) < 4.78 is 13.3. The minimum absolute atomic E-state index is 0.223. The Hall–Kier alpha value is -1.71. The van der Waals surface area contributed by atoms with Crippen molar-refractivity contribution in [2.24, 2.45) is 0 Å². The van der Waals surface area contributed by atoms with Gasteiger partial charge >= 0.3 is 0 Å². The minimum atomic E-state index is -0.571. The fraction of sp³-hybridized carbons (Fsp3) is 0.200. The van der Waals surface area contributed by atoms with E-state index in [1.54, 1.807) is 18.2 Å². The summed E-state index contributed by atoms with van der Waals surface area (Å²) in [5, 5.41) is 13.0. The molecule has 0 aromatic heterocycles. The first-order valence-electron chi connectivity index (χ1n) is 5.94. The number of halogens is 1. The predicted molar refractivity (Wildman–Crippen MR) is 69.5 cm³/mol. The Labute approximate surface area is 106 Å². The zero-order valence-corrected chi connectivity index (χ0v) is 10.0. The number of rotatable bonds is 5. The van der Waals surface area contributed by atoms with Gasteiger partial charge in [-0.15, -0.1) is 0 Å². The van der Waals surface area contributed by atoms with Gasteiger partial charge in [0.2, 0.25) is 0 Å². The van der Waals surface area contributed by atoms with Crippen LogP contribution < -0.4 is 5.32 Å². The topological polar surface area (TPSA) is 32.3 Å². The van der Waals surface area contributed by atoms with Crippen LogP contribution in [0.4, 0.5) is 4.39 Å². The summed E-state index contributed by atoms with van der Waals surface area (Å²) in [7, 11) is 0. The van der Waals surface area contributed by atoms with Gasteiger partial charge in [-0.3, -0.25) is 0 Å². The molecule has 0 saturated carbocycles. The Balaban J connectivity index is 1.84. The molecule has 18 heavy (non-hydrogen) atoms. The van der Waals surface area contributed by atoms with E-state index in [0.29, 0.717) is 18.7 Å². The van der Waals surface area contributed by atoms with Crippen LogP contribution in [0, 0.1) is 5.82 Å². The van der Waals surface area contributed by atoms with Crippen molar-refractivity contribution in [2.75, 3.05) is 6.54 Å². The smallest absolute Gasteiger partial charge is 0.127 e. The molecular formula is C15H16FNO. The Morgan fingerprint density at radius 1 is 1.00 bits per heavy atom. The summed E-state index contributed by atoms with van der Waals surface area (Å²) in [5.74, 6) is -0.223. The highest BCUT2D eigenvalue weighted by atomic mass is 19.1. The standard InChI is InChI=1S/C15H16FNO/c16-14-9-5-4-8-13(14)10-17-11-15(18)12-6-2-1-3-7-12/h1-9,15,17-18H,10-11H2. The lowest BCUT2D eigenvalue weighted by Crippen LogP contribution is -2.21. The van der Waals surface area contributed by atoms with Crippen LogP contribution in [0.25, 0.3) is 0 Å². The molecule has 0 bridgehead atoms. The van der Waals surface area contributed by atoms with Gasteiger partial charge in [-0.05, 0) is 11.6 Å². The third-order valence-corrected chi connectivity index (χ3v) is 2.80.